The fraction of sp³-hybridized carbons (Fsp3) is 0.273. The number of hydrogen-bond acceptors (Lipinski definition) is 4. The first-order valence-electron chi connectivity index (χ1n) is 5.64. The minimum absolute atomic E-state index is 0.0703. The molecule has 0 aromatic carbocycles. The number of aromatic nitrogens is 5. The summed E-state index contributed by atoms with van der Waals surface area (Å²) in [5.41, 5.74) is 1.19. The third kappa shape index (κ3) is 1.44. The van der Waals surface area contributed by atoms with E-state index in [-0.39, 0.29) is 17.8 Å². The molecule has 0 saturated heterocycles. The molecular weight excluding hydrogens is 234 g/mol. The topological polar surface area (TPSA) is 95.9 Å². The van der Waals surface area contributed by atoms with E-state index in [1.807, 2.05) is 0 Å². The van der Waals surface area contributed by atoms with Crippen molar-refractivity contribution < 1.29 is 4.79 Å². The molecule has 0 bridgehead atoms. The predicted octanol–water partition coefficient (Wildman–Crippen LogP) is 0.420. The van der Waals surface area contributed by atoms with Crippen LogP contribution in [0.25, 0.3) is 16.9 Å². The summed E-state index contributed by atoms with van der Waals surface area (Å²) >= 11 is 0. The standard InChI is InChI=1S/C11H11N5O2/c1-2-7(17)3-6-4-12-11-15-9-8(13-5-14-9)10(18)16(6)11/h4-5H,2-3H2,1H3,(H,12,15)(H,13,14). The number of hydrogen-bond donors (Lipinski definition) is 2. The van der Waals surface area contributed by atoms with Gasteiger partial charge in [0.25, 0.3) is 5.56 Å². The lowest BCUT2D eigenvalue weighted by Crippen LogP contribution is -2.18. The molecule has 0 aliphatic heterocycles. The molecule has 0 atom stereocenters. The SMILES string of the molecule is CCC(=O)Cc1cnc2[nH]c3nc[nH]c3c(=O)n12. The van der Waals surface area contributed by atoms with Crippen LogP contribution in [0.15, 0.2) is 17.3 Å². The Bertz CT molecular complexity index is 795. The van der Waals surface area contributed by atoms with E-state index >= 15 is 0 Å². The molecule has 0 fully saturated rings. The number of carbonyl (C=O) groups excluding carboxylic acids is 1. The van der Waals surface area contributed by atoms with Crippen LogP contribution in [-0.4, -0.2) is 30.1 Å². The fourth-order valence-electron chi connectivity index (χ4n) is 1.92. The van der Waals surface area contributed by atoms with Gasteiger partial charge in [0.2, 0.25) is 5.78 Å². The normalized spacial score (nSPS) is 11.4. The molecule has 0 aliphatic rings. The van der Waals surface area contributed by atoms with E-state index in [4.69, 9.17) is 0 Å². The maximum atomic E-state index is 12.2. The van der Waals surface area contributed by atoms with Crippen molar-refractivity contribution in [2.75, 3.05) is 0 Å². The summed E-state index contributed by atoms with van der Waals surface area (Å²) in [6.45, 7) is 1.79. The molecule has 7 nitrogen and oxygen atoms in total. The highest BCUT2D eigenvalue weighted by Crippen LogP contribution is 2.07. The van der Waals surface area contributed by atoms with Crippen LogP contribution in [0.4, 0.5) is 0 Å². The van der Waals surface area contributed by atoms with Gasteiger partial charge in [0, 0.05) is 12.8 Å². The number of carbonyl (C=O) groups is 1. The van der Waals surface area contributed by atoms with Crippen LogP contribution in [0.2, 0.25) is 0 Å². The van der Waals surface area contributed by atoms with E-state index in [1.165, 1.54) is 10.7 Å². The Morgan fingerprint density at radius 1 is 1.44 bits per heavy atom. The minimum Gasteiger partial charge on any atom is -0.339 e. The summed E-state index contributed by atoms with van der Waals surface area (Å²) in [6, 6.07) is 0. The van der Waals surface area contributed by atoms with Crippen molar-refractivity contribution in [1.82, 2.24) is 24.3 Å². The van der Waals surface area contributed by atoms with Crippen molar-refractivity contribution in [1.29, 1.82) is 0 Å². The molecule has 7 heteroatoms. The van der Waals surface area contributed by atoms with E-state index < -0.39 is 0 Å². The molecule has 3 aromatic heterocycles. The number of ketones is 1. The van der Waals surface area contributed by atoms with Crippen molar-refractivity contribution in [2.45, 2.75) is 19.8 Å². The fourth-order valence-corrected chi connectivity index (χ4v) is 1.92. The van der Waals surface area contributed by atoms with Gasteiger partial charge in [0.15, 0.2) is 5.65 Å². The maximum Gasteiger partial charge on any atom is 0.285 e. The Morgan fingerprint density at radius 2 is 2.28 bits per heavy atom. The molecule has 3 rings (SSSR count). The number of imidazole rings is 2. The zero-order valence-electron chi connectivity index (χ0n) is 9.73. The second kappa shape index (κ2) is 3.80. The van der Waals surface area contributed by atoms with Crippen molar-refractivity contribution in [3.8, 4) is 0 Å². The molecule has 92 valence electrons. The lowest BCUT2D eigenvalue weighted by atomic mass is 10.2. The van der Waals surface area contributed by atoms with E-state index in [2.05, 4.69) is 19.9 Å². The number of aromatic amines is 2. The second-order valence-corrected chi connectivity index (χ2v) is 4.03. The van der Waals surface area contributed by atoms with Crippen LogP contribution >= 0.6 is 0 Å². The largest absolute Gasteiger partial charge is 0.339 e. The van der Waals surface area contributed by atoms with Crippen molar-refractivity contribution >= 4 is 22.7 Å². The van der Waals surface area contributed by atoms with Gasteiger partial charge < -0.3 is 9.97 Å². The van der Waals surface area contributed by atoms with Crippen LogP contribution in [0.5, 0.6) is 0 Å². The lowest BCUT2D eigenvalue weighted by molar-refractivity contribution is -0.118. The molecule has 3 heterocycles. The van der Waals surface area contributed by atoms with Gasteiger partial charge in [-0.15, -0.1) is 0 Å². The number of H-pyrrole nitrogens is 2. The summed E-state index contributed by atoms with van der Waals surface area (Å²) in [4.78, 5) is 37.5. The summed E-state index contributed by atoms with van der Waals surface area (Å²) < 4.78 is 1.41. The van der Waals surface area contributed by atoms with E-state index in [9.17, 15) is 9.59 Å². The highest BCUT2D eigenvalue weighted by Gasteiger charge is 2.13. The molecule has 0 aliphatic carbocycles. The van der Waals surface area contributed by atoms with Gasteiger partial charge in [-0.2, -0.15) is 0 Å². The van der Waals surface area contributed by atoms with Crippen LogP contribution in [0.3, 0.4) is 0 Å². The van der Waals surface area contributed by atoms with E-state index in [0.717, 1.165) is 0 Å². The molecule has 18 heavy (non-hydrogen) atoms. The Hall–Kier alpha value is -2.44. The molecule has 0 amide bonds. The summed E-state index contributed by atoms with van der Waals surface area (Å²) in [5, 5.41) is 0. The Labute approximate surface area is 101 Å². The van der Waals surface area contributed by atoms with Crippen molar-refractivity contribution in [3.05, 3.63) is 28.6 Å². The van der Waals surface area contributed by atoms with E-state index in [0.29, 0.717) is 29.1 Å². The number of nitrogens with one attached hydrogen (secondary N) is 2. The monoisotopic (exact) mass is 245 g/mol. The Kier molecular flexibility index (Phi) is 2.26. The molecule has 0 spiro atoms. The van der Waals surface area contributed by atoms with Gasteiger partial charge in [0.1, 0.15) is 11.3 Å². The van der Waals surface area contributed by atoms with Crippen molar-refractivity contribution in [3.63, 3.8) is 0 Å². The first kappa shape index (κ1) is 10.7. The smallest absolute Gasteiger partial charge is 0.285 e. The number of fused-ring (bicyclic) bond motifs is 2. The van der Waals surface area contributed by atoms with Gasteiger partial charge in [-0.1, -0.05) is 6.92 Å². The number of nitrogens with zero attached hydrogens (tertiary/aromatic N) is 3. The van der Waals surface area contributed by atoms with Crippen LogP contribution in [0, 0.1) is 0 Å². The Morgan fingerprint density at radius 3 is 3.06 bits per heavy atom. The van der Waals surface area contributed by atoms with Gasteiger partial charge in [-0.3, -0.25) is 9.59 Å². The molecular formula is C11H11N5O2. The summed E-state index contributed by atoms with van der Waals surface area (Å²) in [5.74, 6) is 0.472. The van der Waals surface area contributed by atoms with Crippen LogP contribution in [-0.2, 0) is 11.2 Å². The second-order valence-electron chi connectivity index (χ2n) is 4.03. The molecule has 0 unspecified atom stereocenters. The first-order valence-corrected chi connectivity index (χ1v) is 5.64. The van der Waals surface area contributed by atoms with Gasteiger partial charge in [-0.25, -0.2) is 14.4 Å². The van der Waals surface area contributed by atoms with Gasteiger partial charge in [0.05, 0.1) is 18.2 Å². The average molecular weight is 245 g/mol. The van der Waals surface area contributed by atoms with Crippen molar-refractivity contribution in [2.24, 2.45) is 0 Å². The average Bonchev–Trinajstić information content (AvgIpc) is 2.97. The highest BCUT2D eigenvalue weighted by atomic mass is 16.1. The summed E-state index contributed by atoms with van der Waals surface area (Å²) in [7, 11) is 0. The van der Waals surface area contributed by atoms with Crippen LogP contribution in [0.1, 0.15) is 19.0 Å². The molecule has 0 radical (unpaired) electrons. The third-order valence-electron chi connectivity index (χ3n) is 2.89. The molecule has 0 saturated carbocycles. The molecule has 2 N–H and O–H groups in total. The predicted molar refractivity (Wildman–Crippen MR) is 64.5 cm³/mol. The maximum absolute atomic E-state index is 12.2. The Balaban J connectivity index is 2.28. The number of Topliss-reactive ketones (excluding diaryl/α,β-unsaturated/α-hetero) is 1. The van der Waals surface area contributed by atoms with Gasteiger partial charge >= 0.3 is 0 Å². The number of rotatable bonds is 3. The van der Waals surface area contributed by atoms with Gasteiger partial charge in [-0.05, 0) is 0 Å². The quantitative estimate of drug-likeness (QED) is 0.699. The highest BCUT2D eigenvalue weighted by molar-refractivity contribution is 5.80. The lowest BCUT2D eigenvalue weighted by Gasteiger charge is -1.99. The zero-order chi connectivity index (χ0) is 12.7. The van der Waals surface area contributed by atoms with E-state index in [1.54, 1.807) is 13.1 Å². The minimum atomic E-state index is -0.243. The summed E-state index contributed by atoms with van der Waals surface area (Å²) in [6.07, 6.45) is 3.64. The van der Waals surface area contributed by atoms with Crippen LogP contribution < -0.4 is 5.56 Å². The zero-order valence-corrected chi connectivity index (χ0v) is 9.73. The third-order valence-corrected chi connectivity index (χ3v) is 2.89. The molecule has 3 aromatic rings. The first-order chi connectivity index (χ1) is 8.70.